The van der Waals surface area contributed by atoms with Crippen LogP contribution in [0.4, 0.5) is 0 Å². The average molecular weight is 140 g/mol. The second kappa shape index (κ2) is 4.93. The average Bonchev–Trinajstić information content (AvgIpc) is 1.61. The molecule has 0 spiro atoms. The minimum Gasteiger partial charge on any atom is -0.339 e. The zero-order valence-corrected chi connectivity index (χ0v) is 6.60. The van der Waals surface area contributed by atoms with Gasteiger partial charge in [0.05, 0.1) is 0 Å². The van der Waals surface area contributed by atoms with Crippen molar-refractivity contribution in [3.8, 4) is 0 Å². The Labute approximate surface area is 47.7 Å². The molecule has 44 valence electrons. The molecule has 1 atom stereocenters. The Hall–Kier alpha value is 0.780. The lowest BCUT2D eigenvalue weighted by molar-refractivity contribution is 0.158. The monoisotopic (exact) mass is 140 g/mol. The van der Waals surface area contributed by atoms with Crippen LogP contribution in [0.5, 0.6) is 0 Å². The summed E-state index contributed by atoms with van der Waals surface area (Å²) in [6, 6.07) is 0. The van der Waals surface area contributed by atoms with Gasteiger partial charge in [-0.15, -0.1) is 0 Å². The van der Waals surface area contributed by atoms with Gasteiger partial charge in [0.2, 0.25) is 0 Å². The fraction of sp³-hybridized carbons (Fsp3) is 1.00. The van der Waals surface area contributed by atoms with Crippen molar-refractivity contribution < 1.29 is 9.05 Å². The summed E-state index contributed by atoms with van der Waals surface area (Å²) in [5.41, 5.74) is 0. The van der Waals surface area contributed by atoms with E-state index in [-0.39, 0.29) is 8.15 Å². The van der Waals surface area contributed by atoms with Gasteiger partial charge in [0.25, 0.3) is 0 Å². The molecular weight excluding hydrogens is 130 g/mol. The van der Waals surface area contributed by atoms with E-state index in [2.05, 4.69) is 14.0 Å². The molecule has 0 aromatic rings. The lowest BCUT2D eigenvalue weighted by Crippen LogP contribution is -1.84. The maximum absolute atomic E-state index is 5.01. The van der Waals surface area contributed by atoms with Gasteiger partial charge < -0.3 is 9.05 Å². The van der Waals surface area contributed by atoms with Gasteiger partial charge in [0.15, 0.2) is 6.79 Å². The second-order valence-electron chi connectivity index (χ2n) is 1.23. The fourth-order valence-corrected chi connectivity index (χ4v) is 0.590. The molecule has 0 fully saturated rings. The number of rotatable bonds is 3. The van der Waals surface area contributed by atoms with Crippen molar-refractivity contribution >= 4 is 17.6 Å². The molecule has 0 aromatic carbocycles. The normalized spacial score (nSPS) is 10.3. The smallest absolute Gasteiger partial charge is 0.153 e. The molecule has 0 rings (SSSR count). The summed E-state index contributed by atoms with van der Waals surface area (Å²) in [4.78, 5) is 0. The SMILES string of the molecule is CP(C)OCOP. The van der Waals surface area contributed by atoms with Crippen molar-refractivity contribution in [1.29, 1.82) is 0 Å². The maximum atomic E-state index is 5.01. The van der Waals surface area contributed by atoms with Crippen LogP contribution in [0.25, 0.3) is 0 Å². The summed E-state index contributed by atoms with van der Waals surface area (Å²) in [5.74, 6) is 0. The van der Waals surface area contributed by atoms with Gasteiger partial charge in [-0.3, -0.25) is 0 Å². The van der Waals surface area contributed by atoms with Crippen molar-refractivity contribution in [3.05, 3.63) is 0 Å². The second-order valence-corrected chi connectivity index (χ2v) is 3.44. The predicted molar refractivity (Wildman–Crippen MR) is 35.5 cm³/mol. The maximum Gasteiger partial charge on any atom is 0.153 e. The zero-order valence-electron chi connectivity index (χ0n) is 4.55. The topological polar surface area (TPSA) is 18.5 Å². The zero-order chi connectivity index (χ0) is 5.70. The molecule has 0 bridgehead atoms. The summed E-state index contributed by atoms with van der Waals surface area (Å²) in [6.45, 7) is 4.45. The molecule has 7 heavy (non-hydrogen) atoms. The first-order valence-electron chi connectivity index (χ1n) is 1.89. The Kier molecular flexibility index (Phi) is 5.48. The Morgan fingerprint density at radius 2 is 2.14 bits per heavy atom. The summed E-state index contributed by atoms with van der Waals surface area (Å²) in [5, 5.41) is 0. The van der Waals surface area contributed by atoms with E-state index in [1.54, 1.807) is 0 Å². The quantitative estimate of drug-likeness (QED) is 0.436. The predicted octanol–water partition coefficient (Wildman–Crippen LogP) is 1.42. The van der Waals surface area contributed by atoms with Crippen molar-refractivity contribution in [2.75, 3.05) is 20.1 Å². The van der Waals surface area contributed by atoms with E-state index >= 15 is 0 Å². The molecule has 2 nitrogen and oxygen atoms in total. The minimum absolute atomic E-state index is 0.245. The Balaban J connectivity index is 2.68. The number of hydrogen-bond acceptors (Lipinski definition) is 2. The van der Waals surface area contributed by atoms with E-state index in [1.165, 1.54) is 0 Å². The highest BCUT2D eigenvalue weighted by Crippen LogP contribution is 2.25. The molecule has 0 heterocycles. The van der Waals surface area contributed by atoms with Crippen molar-refractivity contribution in [3.63, 3.8) is 0 Å². The molecule has 0 N–H and O–H groups in total. The van der Waals surface area contributed by atoms with E-state index in [4.69, 9.17) is 4.52 Å². The molecule has 0 aliphatic carbocycles. The van der Waals surface area contributed by atoms with Crippen LogP contribution in [0.3, 0.4) is 0 Å². The summed E-state index contributed by atoms with van der Waals surface area (Å²) in [6.07, 6.45) is 0. The van der Waals surface area contributed by atoms with Crippen LogP contribution in [0.1, 0.15) is 0 Å². The van der Waals surface area contributed by atoms with Crippen LogP contribution < -0.4 is 0 Å². The lowest BCUT2D eigenvalue weighted by Gasteiger charge is -2.03. The van der Waals surface area contributed by atoms with E-state index < -0.39 is 0 Å². The highest BCUT2D eigenvalue weighted by atomic mass is 31.1. The van der Waals surface area contributed by atoms with Crippen LogP contribution in [0.2, 0.25) is 0 Å². The first kappa shape index (κ1) is 7.78. The van der Waals surface area contributed by atoms with Crippen molar-refractivity contribution in [1.82, 2.24) is 0 Å². The Bertz CT molecular complexity index is 39.9. The molecular formula is C3H10O2P2. The molecule has 0 amide bonds. The molecule has 0 aliphatic heterocycles. The van der Waals surface area contributed by atoms with Crippen LogP contribution >= 0.6 is 17.6 Å². The van der Waals surface area contributed by atoms with E-state index in [0.29, 0.717) is 6.79 Å². The Morgan fingerprint density at radius 3 is 2.29 bits per heavy atom. The van der Waals surface area contributed by atoms with Gasteiger partial charge in [-0.1, -0.05) is 0 Å². The molecule has 4 heteroatoms. The largest absolute Gasteiger partial charge is 0.339 e. The van der Waals surface area contributed by atoms with Gasteiger partial charge >= 0.3 is 0 Å². The summed E-state index contributed by atoms with van der Waals surface area (Å²) in [7, 11) is 1.89. The minimum atomic E-state index is -0.245. The van der Waals surface area contributed by atoms with Gasteiger partial charge in [0.1, 0.15) is 0 Å². The first-order chi connectivity index (χ1) is 3.27. The van der Waals surface area contributed by atoms with Crippen LogP contribution in [-0.4, -0.2) is 20.1 Å². The van der Waals surface area contributed by atoms with Gasteiger partial charge in [-0.25, -0.2) is 0 Å². The van der Waals surface area contributed by atoms with Crippen molar-refractivity contribution in [2.45, 2.75) is 0 Å². The van der Waals surface area contributed by atoms with E-state index in [9.17, 15) is 0 Å². The highest BCUT2D eigenvalue weighted by Gasteiger charge is 1.87. The van der Waals surface area contributed by atoms with E-state index in [1.807, 2.05) is 13.3 Å². The molecule has 0 saturated carbocycles. The highest BCUT2D eigenvalue weighted by molar-refractivity contribution is 7.50. The molecule has 0 saturated heterocycles. The van der Waals surface area contributed by atoms with Crippen LogP contribution in [-0.2, 0) is 9.05 Å². The fourth-order valence-electron chi connectivity index (χ4n) is 0.136. The molecule has 1 unspecified atom stereocenters. The molecule has 0 radical (unpaired) electrons. The van der Waals surface area contributed by atoms with Gasteiger partial charge in [0, 0.05) is 17.6 Å². The number of hydrogen-bond donors (Lipinski definition) is 0. The van der Waals surface area contributed by atoms with Crippen molar-refractivity contribution in [2.24, 2.45) is 0 Å². The third-order valence-corrected chi connectivity index (χ3v) is 1.14. The Morgan fingerprint density at radius 1 is 1.57 bits per heavy atom. The van der Waals surface area contributed by atoms with Crippen LogP contribution in [0.15, 0.2) is 0 Å². The van der Waals surface area contributed by atoms with Crippen LogP contribution in [0, 0.1) is 0 Å². The van der Waals surface area contributed by atoms with Gasteiger partial charge in [-0.05, 0) is 13.3 Å². The van der Waals surface area contributed by atoms with Gasteiger partial charge in [-0.2, -0.15) is 0 Å². The summed E-state index contributed by atoms with van der Waals surface area (Å²) >= 11 is 0. The molecule has 0 aliphatic rings. The van der Waals surface area contributed by atoms with E-state index in [0.717, 1.165) is 0 Å². The lowest BCUT2D eigenvalue weighted by atomic mass is 11.6. The summed E-state index contributed by atoms with van der Waals surface area (Å²) < 4.78 is 9.58. The standard InChI is InChI=1S/C3H10O2P2/c1-7(2)5-3-4-6/h3,6H2,1-2H3. The first-order valence-corrected chi connectivity index (χ1v) is 4.52. The third kappa shape index (κ3) is 6.78. The molecule has 0 aromatic heterocycles. The third-order valence-electron chi connectivity index (χ3n) is 0.379.